The number of anilines is 1. The Hall–Kier alpha value is -1.24. The fraction of sp³-hybridized carbons (Fsp3) is 0.714. The average molecular weight is 280 g/mol. The SMILES string of the molecule is CNc1cc(C)nc(CN2CCC(OCCO)CC2)n1. The van der Waals surface area contributed by atoms with Crippen molar-refractivity contribution in [2.24, 2.45) is 0 Å². The Bertz CT molecular complexity index is 420. The Kier molecular flexibility index (Phi) is 5.70. The van der Waals surface area contributed by atoms with E-state index in [0.717, 1.165) is 49.8 Å². The highest BCUT2D eigenvalue weighted by molar-refractivity contribution is 5.34. The number of hydrogen-bond acceptors (Lipinski definition) is 6. The molecule has 0 saturated carbocycles. The van der Waals surface area contributed by atoms with Crippen LogP contribution >= 0.6 is 0 Å². The van der Waals surface area contributed by atoms with Gasteiger partial charge in [0.25, 0.3) is 0 Å². The quantitative estimate of drug-likeness (QED) is 0.803. The van der Waals surface area contributed by atoms with Gasteiger partial charge in [-0.15, -0.1) is 0 Å². The standard InChI is InChI=1S/C14H24N4O2/c1-11-9-13(15-2)17-14(16-11)10-18-5-3-12(4-6-18)20-8-7-19/h9,12,19H,3-8,10H2,1-2H3,(H,15,16,17). The van der Waals surface area contributed by atoms with Crippen LogP contribution in [0, 0.1) is 6.92 Å². The molecule has 0 atom stereocenters. The summed E-state index contributed by atoms with van der Waals surface area (Å²) in [6, 6.07) is 1.94. The first-order valence-corrected chi connectivity index (χ1v) is 7.18. The van der Waals surface area contributed by atoms with E-state index >= 15 is 0 Å². The molecule has 2 heterocycles. The molecule has 20 heavy (non-hydrogen) atoms. The molecule has 0 bridgehead atoms. The van der Waals surface area contributed by atoms with Crippen LogP contribution in [0.1, 0.15) is 24.4 Å². The molecule has 0 amide bonds. The zero-order valence-corrected chi connectivity index (χ0v) is 12.3. The van der Waals surface area contributed by atoms with Crippen LogP contribution in [0.15, 0.2) is 6.07 Å². The summed E-state index contributed by atoms with van der Waals surface area (Å²) >= 11 is 0. The number of ether oxygens (including phenoxy) is 1. The minimum Gasteiger partial charge on any atom is -0.394 e. The number of likely N-dealkylation sites (tertiary alicyclic amines) is 1. The minimum atomic E-state index is 0.101. The predicted molar refractivity (Wildman–Crippen MR) is 77.7 cm³/mol. The lowest BCUT2D eigenvalue weighted by molar-refractivity contribution is -0.00938. The van der Waals surface area contributed by atoms with Crippen LogP contribution in [0.4, 0.5) is 5.82 Å². The molecule has 6 nitrogen and oxygen atoms in total. The van der Waals surface area contributed by atoms with Crippen molar-refractivity contribution in [3.63, 3.8) is 0 Å². The molecule has 2 N–H and O–H groups in total. The van der Waals surface area contributed by atoms with Crippen LogP contribution in [-0.4, -0.2) is 59.4 Å². The molecule has 0 aromatic carbocycles. The zero-order chi connectivity index (χ0) is 14.4. The maximum atomic E-state index is 8.76. The van der Waals surface area contributed by atoms with Crippen molar-refractivity contribution in [1.82, 2.24) is 14.9 Å². The summed E-state index contributed by atoms with van der Waals surface area (Å²) in [7, 11) is 1.87. The lowest BCUT2D eigenvalue weighted by Gasteiger charge is -2.31. The number of aliphatic hydroxyl groups is 1. The van der Waals surface area contributed by atoms with Gasteiger partial charge in [-0.2, -0.15) is 0 Å². The lowest BCUT2D eigenvalue weighted by atomic mass is 10.1. The summed E-state index contributed by atoms with van der Waals surface area (Å²) in [5.41, 5.74) is 0.987. The van der Waals surface area contributed by atoms with E-state index in [2.05, 4.69) is 20.2 Å². The van der Waals surface area contributed by atoms with E-state index in [1.807, 2.05) is 20.0 Å². The summed E-state index contributed by atoms with van der Waals surface area (Å²) in [5, 5.41) is 11.8. The second-order valence-corrected chi connectivity index (χ2v) is 5.13. The number of nitrogens with zero attached hydrogens (tertiary/aromatic N) is 3. The van der Waals surface area contributed by atoms with E-state index in [0.29, 0.717) is 6.61 Å². The largest absolute Gasteiger partial charge is 0.394 e. The molecule has 1 fully saturated rings. The lowest BCUT2D eigenvalue weighted by Crippen LogP contribution is -2.37. The number of piperidine rings is 1. The molecule has 1 aromatic rings. The Balaban J connectivity index is 1.84. The number of aryl methyl sites for hydroxylation is 1. The highest BCUT2D eigenvalue weighted by Gasteiger charge is 2.20. The summed E-state index contributed by atoms with van der Waals surface area (Å²) in [6.07, 6.45) is 2.29. The van der Waals surface area contributed by atoms with E-state index in [1.165, 1.54) is 0 Å². The van der Waals surface area contributed by atoms with Crippen LogP contribution in [-0.2, 0) is 11.3 Å². The maximum absolute atomic E-state index is 8.76. The van der Waals surface area contributed by atoms with E-state index in [4.69, 9.17) is 9.84 Å². The summed E-state index contributed by atoms with van der Waals surface area (Å²) in [6.45, 7) is 5.29. The molecule has 112 valence electrons. The third-order valence-corrected chi connectivity index (χ3v) is 3.50. The first-order valence-electron chi connectivity index (χ1n) is 7.18. The molecule has 0 spiro atoms. The molecule has 0 aliphatic carbocycles. The highest BCUT2D eigenvalue weighted by Crippen LogP contribution is 2.16. The van der Waals surface area contributed by atoms with Gasteiger partial charge in [-0.25, -0.2) is 9.97 Å². The van der Waals surface area contributed by atoms with Crippen LogP contribution in [0.5, 0.6) is 0 Å². The van der Waals surface area contributed by atoms with Gasteiger partial charge >= 0.3 is 0 Å². The molecule has 1 aliphatic heterocycles. The predicted octanol–water partition coefficient (Wildman–Crippen LogP) is 0.800. The van der Waals surface area contributed by atoms with E-state index < -0.39 is 0 Å². The molecule has 0 unspecified atom stereocenters. The first-order chi connectivity index (χ1) is 9.71. The van der Waals surface area contributed by atoms with Gasteiger partial charge in [0.05, 0.1) is 25.9 Å². The Morgan fingerprint density at radius 2 is 2.15 bits per heavy atom. The van der Waals surface area contributed by atoms with Crippen LogP contribution in [0.3, 0.4) is 0 Å². The topological polar surface area (TPSA) is 70.5 Å². The second-order valence-electron chi connectivity index (χ2n) is 5.13. The van der Waals surface area contributed by atoms with Gasteiger partial charge in [-0.3, -0.25) is 4.90 Å². The number of rotatable bonds is 6. The van der Waals surface area contributed by atoms with Gasteiger partial charge in [-0.1, -0.05) is 0 Å². The summed E-state index contributed by atoms with van der Waals surface area (Å²) in [4.78, 5) is 11.3. The molecule has 0 radical (unpaired) electrons. The molecular weight excluding hydrogens is 256 g/mol. The third-order valence-electron chi connectivity index (χ3n) is 3.50. The van der Waals surface area contributed by atoms with Crippen molar-refractivity contribution in [2.75, 3.05) is 38.7 Å². The second kappa shape index (κ2) is 7.52. The Labute approximate surface area is 120 Å². The van der Waals surface area contributed by atoms with Crippen molar-refractivity contribution in [1.29, 1.82) is 0 Å². The Morgan fingerprint density at radius 3 is 2.80 bits per heavy atom. The van der Waals surface area contributed by atoms with Gasteiger partial charge in [0, 0.05) is 31.9 Å². The fourth-order valence-electron chi connectivity index (χ4n) is 2.48. The van der Waals surface area contributed by atoms with Gasteiger partial charge in [0.15, 0.2) is 0 Å². The third kappa shape index (κ3) is 4.40. The van der Waals surface area contributed by atoms with Crippen LogP contribution < -0.4 is 5.32 Å². The number of aromatic nitrogens is 2. The smallest absolute Gasteiger partial charge is 0.144 e. The molecule has 2 rings (SSSR count). The van der Waals surface area contributed by atoms with Crippen molar-refractivity contribution in [3.8, 4) is 0 Å². The maximum Gasteiger partial charge on any atom is 0.144 e. The van der Waals surface area contributed by atoms with E-state index in [1.54, 1.807) is 0 Å². The highest BCUT2D eigenvalue weighted by atomic mass is 16.5. The summed E-state index contributed by atoms with van der Waals surface area (Å²) in [5.74, 6) is 1.73. The van der Waals surface area contributed by atoms with E-state index in [9.17, 15) is 0 Å². The van der Waals surface area contributed by atoms with Crippen molar-refractivity contribution < 1.29 is 9.84 Å². The first kappa shape index (κ1) is 15.2. The van der Waals surface area contributed by atoms with Crippen molar-refractivity contribution in [3.05, 3.63) is 17.6 Å². The van der Waals surface area contributed by atoms with Crippen molar-refractivity contribution in [2.45, 2.75) is 32.4 Å². The average Bonchev–Trinajstić information content (AvgIpc) is 2.46. The van der Waals surface area contributed by atoms with Gasteiger partial charge in [0.2, 0.25) is 0 Å². The molecular formula is C14H24N4O2. The summed E-state index contributed by atoms with van der Waals surface area (Å²) < 4.78 is 5.57. The van der Waals surface area contributed by atoms with Crippen LogP contribution in [0.2, 0.25) is 0 Å². The fourth-order valence-corrected chi connectivity index (χ4v) is 2.48. The molecule has 1 saturated heterocycles. The monoisotopic (exact) mass is 280 g/mol. The number of hydrogen-bond donors (Lipinski definition) is 2. The van der Waals surface area contributed by atoms with Crippen LogP contribution in [0.25, 0.3) is 0 Å². The normalized spacial score (nSPS) is 17.4. The number of nitrogens with one attached hydrogen (secondary N) is 1. The molecule has 1 aliphatic rings. The minimum absolute atomic E-state index is 0.101. The van der Waals surface area contributed by atoms with Gasteiger partial charge in [-0.05, 0) is 19.8 Å². The van der Waals surface area contributed by atoms with E-state index in [-0.39, 0.29) is 12.7 Å². The van der Waals surface area contributed by atoms with Crippen molar-refractivity contribution >= 4 is 5.82 Å². The molecule has 6 heteroatoms. The Morgan fingerprint density at radius 1 is 1.40 bits per heavy atom. The zero-order valence-electron chi connectivity index (χ0n) is 12.3. The van der Waals surface area contributed by atoms with Gasteiger partial charge < -0.3 is 15.2 Å². The van der Waals surface area contributed by atoms with Gasteiger partial charge in [0.1, 0.15) is 11.6 Å². The molecule has 1 aromatic heterocycles. The number of aliphatic hydroxyl groups excluding tert-OH is 1.